The third kappa shape index (κ3) is 6.30. The molecule has 31 heavy (non-hydrogen) atoms. The fourth-order valence-corrected chi connectivity index (χ4v) is 4.78. The maximum Gasteiger partial charge on any atom is 0.0849 e. The van der Waals surface area contributed by atoms with Crippen LogP contribution in [0.25, 0.3) is 0 Å². The summed E-state index contributed by atoms with van der Waals surface area (Å²) in [4.78, 5) is 7.13. The van der Waals surface area contributed by atoms with Crippen molar-refractivity contribution in [3.8, 4) is 0 Å². The lowest BCUT2D eigenvalue weighted by Crippen LogP contribution is -2.35. The van der Waals surface area contributed by atoms with Crippen molar-refractivity contribution >= 4 is 6.34 Å². The fraction of sp³-hybridized carbons (Fsp3) is 0.345. The molecule has 4 rings (SSSR count). The van der Waals surface area contributed by atoms with Crippen molar-refractivity contribution in [2.45, 2.75) is 38.0 Å². The molecular weight excluding hydrogens is 376 g/mol. The molecule has 0 amide bonds. The SMILES string of the molecule is C(=NCCCCc1ccccc1)N1CCC(C(c2ccccc2)c2ccccc2)CC1. The van der Waals surface area contributed by atoms with Gasteiger partial charge in [-0.2, -0.15) is 0 Å². The zero-order chi connectivity index (χ0) is 21.1. The lowest BCUT2D eigenvalue weighted by Gasteiger charge is -2.36. The molecule has 1 saturated heterocycles. The van der Waals surface area contributed by atoms with Crippen molar-refractivity contribution in [1.82, 2.24) is 4.90 Å². The molecule has 2 heteroatoms. The first-order chi connectivity index (χ1) is 15.4. The Morgan fingerprint density at radius 1 is 0.742 bits per heavy atom. The molecule has 0 atom stereocenters. The van der Waals surface area contributed by atoms with Crippen LogP contribution in [-0.2, 0) is 6.42 Å². The van der Waals surface area contributed by atoms with Gasteiger partial charge in [0.25, 0.3) is 0 Å². The van der Waals surface area contributed by atoms with Gasteiger partial charge in [0.15, 0.2) is 0 Å². The van der Waals surface area contributed by atoms with E-state index in [4.69, 9.17) is 4.99 Å². The second-order valence-corrected chi connectivity index (χ2v) is 8.64. The minimum Gasteiger partial charge on any atom is -0.363 e. The van der Waals surface area contributed by atoms with E-state index in [0.29, 0.717) is 11.8 Å². The number of aliphatic imine (C=N–C) groups is 1. The summed E-state index contributed by atoms with van der Waals surface area (Å²) in [6.07, 6.45) is 8.06. The van der Waals surface area contributed by atoms with Crippen LogP contribution in [0.1, 0.15) is 48.3 Å². The number of unbranched alkanes of at least 4 members (excludes halogenated alkanes) is 1. The van der Waals surface area contributed by atoms with Crippen molar-refractivity contribution in [3.05, 3.63) is 108 Å². The number of hydrogen-bond acceptors (Lipinski definition) is 1. The van der Waals surface area contributed by atoms with Gasteiger partial charge in [0, 0.05) is 25.6 Å². The molecule has 0 aromatic heterocycles. The Morgan fingerprint density at radius 3 is 1.87 bits per heavy atom. The highest BCUT2D eigenvalue weighted by molar-refractivity contribution is 5.55. The van der Waals surface area contributed by atoms with E-state index in [1.807, 2.05) is 0 Å². The lowest BCUT2D eigenvalue weighted by molar-refractivity contribution is 0.254. The van der Waals surface area contributed by atoms with E-state index >= 15 is 0 Å². The van der Waals surface area contributed by atoms with Crippen LogP contribution < -0.4 is 0 Å². The number of likely N-dealkylation sites (tertiary alicyclic amines) is 1. The monoisotopic (exact) mass is 410 g/mol. The van der Waals surface area contributed by atoms with E-state index in [2.05, 4.69) is 102 Å². The molecule has 160 valence electrons. The molecule has 1 heterocycles. The molecule has 3 aromatic carbocycles. The van der Waals surface area contributed by atoms with Crippen molar-refractivity contribution in [2.75, 3.05) is 19.6 Å². The van der Waals surface area contributed by atoms with Crippen molar-refractivity contribution < 1.29 is 0 Å². The van der Waals surface area contributed by atoms with Crippen LogP contribution in [0.15, 0.2) is 96.0 Å². The zero-order valence-electron chi connectivity index (χ0n) is 18.4. The highest BCUT2D eigenvalue weighted by Crippen LogP contribution is 2.37. The predicted octanol–water partition coefficient (Wildman–Crippen LogP) is 6.58. The molecule has 0 spiro atoms. The normalized spacial score (nSPS) is 15.1. The molecule has 0 radical (unpaired) electrons. The summed E-state index contributed by atoms with van der Waals surface area (Å²) in [5, 5.41) is 0. The molecule has 0 saturated carbocycles. The molecule has 3 aromatic rings. The Balaban J connectivity index is 1.25. The van der Waals surface area contributed by atoms with Gasteiger partial charge in [0.1, 0.15) is 0 Å². The molecule has 0 N–H and O–H groups in total. The number of hydrogen-bond donors (Lipinski definition) is 0. The Kier molecular flexibility index (Phi) is 7.93. The van der Waals surface area contributed by atoms with E-state index in [0.717, 1.165) is 32.5 Å². The lowest BCUT2D eigenvalue weighted by atomic mass is 9.76. The average molecular weight is 411 g/mol. The number of piperidine rings is 1. The largest absolute Gasteiger partial charge is 0.363 e. The maximum absolute atomic E-state index is 4.71. The number of benzene rings is 3. The zero-order valence-corrected chi connectivity index (χ0v) is 18.4. The third-order valence-electron chi connectivity index (χ3n) is 6.45. The maximum atomic E-state index is 4.71. The Bertz CT molecular complexity index is 858. The van der Waals surface area contributed by atoms with E-state index in [1.54, 1.807) is 0 Å². The highest BCUT2D eigenvalue weighted by Gasteiger charge is 2.28. The van der Waals surface area contributed by atoms with Crippen LogP contribution in [0, 0.1) is 5.92 Å². The van der Waals surface area contributed by atoms with Crippen molar-refractivity contribution in [2.24, 2.45) is 10.9 Å². The van der Waals surface area contributed by atoms with Gasteiger partial charge in [-0.1, -0.05) is 91.0 Å². The van der Waals surface area contributed by atoms with Crippen LogP contribution in [0.5, 0.6) is 0 Å². The van der Waals surface area contributed by atoms with E-state index in [9.17, 15) is 0 Å². The first-order valence-corrected chi connectivity index (χ1v) is 11.8. The molecule has 0 bridgehead atoms. The van der Waals surface area contributed by atoms with E-state index < -0.39 is 0 Å². The van der Waals surface area contributed by atoms with E-state index in [1.165, 1.54) is 36.0 Å². The molecule has 2 nitrogen and oxygen atoms in total. The Labute approximate surface area is 187 Å². The summed E-state index contributed by atoms with van der Waals surface area (Å²) in [5.74, 6) is 1.17. The minimum absolute atomic E-state index is 0.486. The summed E-state index contributed by atoms with van der Waals surface area (Å²) in [5.41, 5.74) is 4.32. The van der Waals surface area contributed by atoms with Crippen molar-refractivity contribution in [1.29, 1.82) is 0 Å². The molecule has 0 unspecified atom stereocenters. The van der Waals surface area contributed by atoms with Gasteiger partial charge in [-0.05, 0) is 54.7 Å². The molecular formula is C29H34N2. The number of nitrogens with zero attached hydrogens (tertiary/aromatic N) is 2. The van der Waals surface area contributed by atoms with Gasteiger partial charge in [0.2, 0.25) is 0 Å². The van der Waals surface area contributed by atoms with Gasteiger partial charge in [-0.15, -0.1) is 0 Å². The second kappa shape index (κ2) is 11.5. The summed E-state index contributed by atoms with van der Waals surface area (Å²) in [6, 6.07) is 32.8. The van der Waals surface area contributed by atoms with Crippen molar-refractivity contribution in [3.63, 3.8) is 0 Å². The van der Waals surface area contributed by atoms with Crippen LogP contribution in [0.4, 0.5) is 0 Å². The van der Waals surface area contributed by atoms with Crippen LogP contribution in [0.3, 0.4) is 0 Å². The summed E-state index contributed by atoms with van der Waals surface area (Å²) < 4.78 is 0. The van der Waals surface area contributed by atoms with Crippen LogP contribution in [0.2, 0.25) is 0 Å². The summed E-state index contributed by atoms with van der Waals surface area (Å²) >= 11 is 0. The van der Waals surface area contributed by atoms with Gasteiger partial charge in [0.05, 0.1) is 6.34 Å². The Morgan fingerprint density at radius 2 is 1.29 bits per heavy atom. The van der Waals surface area contributed by atoms with Gasteiger partial charge in [-0.25, -0.2) is 0 Å². The smallest absolute Gasteiger partial charge is 0.0849 e. The topological polar surface area (TPSA) is 15.6 Å². The minimum atomic E-state index is 0.486. The molecule has 1 aliphatic rings. The first-order valence-electron chi connectivity index (χ1n) is 11.8. The fourth-order valence-electron chi connectivity index (χ4n) is 4.78. The van der Waals surface area contributed by atoms with Gasteiger partial charge in [-0.3, -0.25) is 4.99 Å². The van der Waals surface area contributed by atoms with Crippen LogP contribution >= 0.6 is 0 Å². The van der Waals surface area contributed by atoms with Crippen LogP contribution in [-0.4, -0.2) is 30.9 Å². The molecule has 1 aliphatic heterocycles. The third-order valence-corrected chi connectivity index (χ3v) is 6.45. The second-order valence-electron chi connectivity index (χ2n) is 8.64. The predicted molar refractivity (Wildman–Crippen MR) is 132 cm³/mol. The molecule has 0 aliphatic carbocycles. The van der Waals surface area contributed by atoms with Gasteiger partial charge >= 0.3 is 0 Å². The first kappa shape index (κ1) is 21.4. The van der Waals surface area contributed by atoms with Gasteiger partial charge < -0.3 is 4.90 Å². The highest BCUT2D eigenvalue weighted by atomic mass is 15.1. The summed E-state index contributed by atoms with van der Waals surface area (Å²) in [7, 11) is 0. The summed E-state index contributed by atoms with van der Waals surface area (Å²) in [6.45, 7) is 3.14. The number of aryl methyl sites for hydroxylation is 1. The number of rotatable bonds is 9. The quantitative estimate of drug-likeness (QED) is 0.221. The standard InChI is InChI=1S/C29H34N2/c1-4-12-25(13-5-1)14-10-11-21-30-24-31-22-19-28(20-23-31)29(26-15-6-2-7-16-26)27-17-8-3-9-18-27/h1-9,12-13,15-18,24,28-29H,10-11,14,19-23H2. The van der Waals surface area contributed by atoms with E-state index in [-0.39, 0.29) is 0 Å². The molecule has 1 fully saturated rings. The average Bonchev–Trinajstić information content (AvgIpc) is 2.84. The Hall–Kier alpha value is -2.87.